The Morgan fingerprint density at radius 1 is 1.34 bits per heavy atom. The first kappa shape index (κ1) is 25.1. The third-order valence-corrected chi connectivity index (χ3v) is 5.34. The van der Waals surface area contributed by atoms with Crippen LogP contribution in [0.3, 0.4) is 0 Å². The number of aromatic nitrogens is 1. The molecule has 170 valence electrons. The number of likely N-dealkylation sites (N-methyl/N-ethyl adjacent to an activating group) is 1. The van der Waals surface area contributed by atoms with E-state index in [0.29, 0.717) is 18.7 Å². The Kier molecular flexibility index (Phi) is 9.00. The highest BCUT2D eigenvalue weighted by Gasteiger charge is 2.19. The smallest absolute Gasteiger partial charge is 0.349 e. The van der Waals surface area contributed by atoms with Gasteiger partial charge in [-0.1, -0.05) is 17.7 Å². The molecule has 0 saturated heterocycles. The molecule has 0 atom stereocenters. The van der Waals surface area contributed by atoms with Gasteiger partial charge in [0.1, 0.15) is 17.5 Å². The lowest BCUT2D eigenvalue weighted by molar-refractivity contribution is -0.148. The van der Waals surface area contributed by atoms with Crippen molar-refractivity contribution in [2.24, 2.45) is 0 Å². The molecule has 32 heavy (non-hydrogen) atoms. The van der Waals surface area contributed by atoms with Gasteiger partial charge in [0.05, 0.1) is 6.61 Å². The minimum atomic E-state index is -0.917. The molecule has 1 amide bonds. The molecule has 2 rings (SSSR count). The van der Waals surface area contributed by atoms with Crippen molar-refractivity contribution in [2.75, 3.05) is 27.4 Å². The summed E-state index contributed by atoms with van der Waals surface area (Å²) in [5, 5.41) is 9.59. The van der Waals surface area contributed by atoms with Crippen LogP contribution in [0.15, 0.2) is 29.8 Å². The van der Waals surface area contributed by atoms with E-state index in [2.05, 4.69) is 0 Å². The van der Waals surface area contributed by atoms with Crippen LogP contribution in [-0.4, -0.2) is 48.7 Å². The number of amides is 1. The molecule has 1 heterocycles. The van der Waals surface area contributed by atoms with Gasteiger partial charge in [0.2, 0.25) is 0 Å². The van der Waals surface area contributed by atoms with Crippen molar-refractivity contribution >= 4 is 29.6 Å². The summed E-state index contributed by atoms with van der Waals surface area (Å²) < 4.78 is 26.1. The number of hydrogen-bond donors (Lipinski definition) is 0. The number of carbonyl (C=O) groups is 2. The Balaban J connectivity index is 2.04. The van der Waals surface area contributed by atoms with Crippen LogP contribution in [0.2, 0.25) is 5.02 Å². The molecule has 0 saturated carbocycles. The van der Waals surface area contributed by atoms with E-state index in [4.69, 9.17) is 21.1 Å². The second-order valence-corrected chi connectivity index (χ2v) is 7.57. The van der Waals surface area contributed by atoms with Crippen molar-refractivity contribution in [3.8, 4) is 6.07 Å². The van der Waals surface area contributed by atoms with Crippen molar-refractivity contribution in [3.05, 3.63) is 63.2 Å². The summed E-state index contributed by atoms with van der Waals surface area (Å²) in [6.45, 7) is 4.28. The molecular formula is C23H25ClFN3O4. The maximum atomic E-state index is 13.9. The quantitative estimate of drug-likeness (QED) is 0.323. The van der Waals surface area contributed by atoms with Crippen LogP contribution in [-0.2, 0) is 32.2 Å². The number of ether oxygens (including phenoxy) is 2. The molecule has 0 fully saturated rings. The molecule has 0 unspecified atom stereocenters. The van der Waals surface area contributed by atoms with Gasteiger partial charge in [0.15, 0.2) is 6.61 Å². The third-order valence-electron chi connectivity index (χ3n) is 4.98. The number of methoxy groups -OCH3 is 1. The van der Waals surface area contributed by atoms with Gasteiger partial charge in [0.25, 0.3) is 5.91 Å². The fraction of sp³-hybridized carbons (Fsp3) is 0.348. The molecule has 2 aromatic rings. The predicted molar refractivity (Wildman–Crippen MR) is 118 cm³/mol. The second kappa shape index (κ2) is 11.5. The average Bonchev–Trinajstić information content (AvgIpc) is 3.03. The lowest BCUT2D eigenvalue weighted by Gasteiger charge is -2.18. The summed E-state index contributed by atoms with van der Waals surface area (Å²) in [7, 11) is 3.05. The summed E-state index contributed by atoms with van der Waals surface area (Å²) in [5.74, 6) is -2.01. The molecule has 9 heteroatoms. The van der Waals surface area contributed by atoms with Gasteiger partial charge in [0, 0.05) is 49.2 Å². The van der Waals surface area contributed by atoms with Crippen molar-refractivity contribution < 1.29 is 23.5 Å². The van der Waals surface area contributed by atoms with Gasteiger partial charge >= 0.3 is 5.97 Å². The molecule has 1 aromatic carbocycles. The number of rotatable bonds is 9. The van der Waals surface area contributed by atoms with E-state index >= 15 is 0 Å². The number of benzene rings is 1. The standard InChI is InChI=1S/C23H25ClFN3O4/c1-15-10-17(16(2)28(15)8-9-31-4)11-18(12-26)23(30)32-14-22(29)27(3)13-19-20(24)6-5-7-21(19)25/h5-7,10-11H,8-9,13-14H2,1-4H3/b18-11+. The van der Waals surface area contributed by atoms with E-state index in [1.165, 1.54) is 36.2 Å². The van der Waals surface area contributed by atoms with E-state index in [-0.39, 0.29) is 22.7 Å². The van der Waals surface area contributed by atoms with E-state index < -0.39 is 24.3 Å². The summed E-state index contributed by atoms with van der Waals surface area (Å²) in [4.78, 5) is 25.9. The average molecular weight is 462 g/mol. The zero-order valence-corrected chi connectivity index (χ0v) is 19.2. The summed E-state index contributed by atoms with van der Waals surface area (Å²) >= 11 is 5.98. The van der Waals surface area contributed by atoms with Crippen molar-refractivity contribution in [1.82, 2.24) is 9.47 Å². The first-order valence-corrected chi connectivity index (χ1v) is 10.2. The molecule has 0 aliphatic carbocycles. The fourth-order valence-corrected chi connectivity index (χ4v) is 3.34. The van der Waals surface area contributed by atoms with Crippen molar-refractivity contribution in [1.29, 1.82) is 5.26 Å². The number of hydrogen-bond acceptors (Lipinski definition) is 5. The molecule has 0 aliphatic heterocycles. The summed E-state index contributed by atoms with van der Waals surface area (Å²) in [6.07, 6.45) is 1.43. The number of esters is 1. The van der Waals surface area contributed by atoms with E-state index in [0.717, 1.165) is 11.4 Å². The van der Waals surface area contributed by atoms with E-state index in [1.54, 1.807) is 7.11 Å². The van der Waals surface area contributed by atoms with Crippen molar-refractivity contribution in [2.45, 2.75) is 26.9 Å². The SMILES string of the molecule is COCCn1c(C)cc(/C=C(\C#N)C(=O)OCC(=O)N(C)Cc2c(F)cccc2Cl)c1C. The van der Waals surface area contributed by atoms with E-state index in [1.807, 2.05) is 30.6 Å². The maximum absolute atomic E-state index is 13.9. The lowest BCUT2D eigenvalue weighted by Crippen LogP contribution is -2.31. The van der Waals surface area contributed by atoms with Gasteiger partial charge < -0.3 is 18.9 Å². The van der Waals surface area contributed by atoms with Crippen LogP contribution in [0.25, 0.3) is 6.08 Å². The highest BCUT2D eigenvalue weighted by molar-refractivity contribution is 6.31. The topological polar surface area (TPSA) is 84.6 Å². The van der Waals surface area contributed by atoms with Crippen LogP contribution in [0.4, 0.5) is 4.39 Å². The Morgan fingerprint density at radius 2 is 2.06 bits per heavy atom. The summed E-state index contributed by atoms with van der Waals surface area (Å²) in [5.41, 5.74) is 2.46. The van der Waals surface area contributed by atoms with Crippen LogP contribution < -0.4 is 0 Å². The highest BCUT2D eigenvalue weighted by Crippen LogP contribution is 2.21. The van der Waals surface area contributed by atoms with E-state index in [9.17, 15) is 19.2 Å². The maximum Gasteiger partial charge on any atom is 0.349 e. The Morgan fingerprint density at radius 3 is 2.69 bits per heavy atom. The molecule has 0 aliphatic rings. The van der Waals surface area contributed by atoms with Crippen LogP contribution in [0.1, 0.15) is 22.5 Å². The number of aryl methyl sites for hydroxylation is 1. The Bertz CT molecular complexity index is 1050. The third kappa shape index (κ3) is 6.19. The first-order chi connectivity index (χ1) is 15.2. The highest BCUT2D eigenvalue weighted by atomic mass is 35.5. The lowest BCUT2D eigenvalue weighted by atomic mass is 10.1. The van der Waals surface area contributed by atoms with Gasteiger partial charge in [-0.05, 0) is 43.7 Å². The molecule has 0 radical (unpaired) electrons. The molecule has 1 aromatic heterocycles. The largest absolute Gasteiger partial charge is 0.451 e. The van der Waals surface area contributed by atoms with Crippen LogP contribution in [0, 0.1) is 31.0 Å². The molecular weight excluding hydrogens is 437 g/mol. The molecule has 0 bridgehead atoms. The molecule has 0 N–H and O–H groups in total. The first-order valence-electron chi connectivity index (χ1n) is 9.81. The summed E-state index contributed by atoms with van der Waals surface area (Å²) in [6, 6.07) is 7.91. The minimum absolute atomic E-state index is 0.0870. The van der Waals surface area contributed by atoms with Gasteiger partial charge in [-0.25, -0.2) is 9.18 Å². The zero-order valence-electron chi connectivity index (χ0n) is 18.4. The fourth-order valence-electron chi connectivity index (χ4n) is 3.12. The monoisotopic (exact) mass is 461 g/mol. The van der Waals surface area contributed by atoms with Crippen LogP contribution in [0.5, 0.6) is 0 Å². The predicted octanol–water partition coefficient (Wildman–Crippen LogP) is 3.65. The molecule has 7 nitrogen and oxygen atoms in total. The Hall–Kier alpha value is -3.15. The van der Waals surface area contributed by atoms with Crippen LogP contribution >= 0.6 is 11.6 Å². The zero-order chi connectivity index (χ0) is 23.8. The Labute approximate surface area is 191 Å². The van der Waals surface area contributed by atoms with Gasteiger partial charge in [-0.3, -0.25) is 4.79 Å². The number of halogens is 2. The normalized spacial score (nSPS) is 11.2. The van der Waals surface area contributed by atoms with Gasteiger partial charge in [-0.15, -0.1) is 0 Å². The number of nitrogens with zero attached hydrogens (tertiary/aromatic N) is 3. The minimum Gasteiger partial charge on any atom is -0.451 e. The van der Waals surface area contributed by atoms with Crippen molar-refractivity contribution in [3.63, 3.8) is 0 Å². The molecule has 0 spiro atoms. The number of nitriles is 1. The second-order valence-electron chi connectivity index (χ2n) is 7.17. The van der Waals surface area contributed by atoms with Gasteiger partial charge in [-0.2, -0.15) is 5.26 Å². The number of carbonyl (C=O) groups excluding carboxylic acids is 2.